The summed E-state index contributed by atoms with van der Waals surface area (Å²) in [6, 6.07) is 23.3. The Morgan fingerprint density at radius 1 is 0.921 bits per heavy atom. The molecule has 1 saturated carbocycles. The van der Waals surface area contributed by atoms with E-state index < -0.39 is 15.6 Å². The number of anilines is 1. The highest BCUT2D eigenvalue weighted by atomic mass is 35.5. The number of methoxy groups -OCH3 is 1. The van der Waals surface area contributed by atoms with Gasteiger partial charge in [-0.3, -0.25) is 9.21 Å². The molecule has 0 unspecified atom stereocenters. The number of benzene rings is 3. The molecule has 3 aromatic rings. The molecule has 0 radical (unpaired) electrons. The van der Waals surface area contributed by atoms with Gasteiger partial charge in [-0.1, -0.05) is 54.8 Å². The van der Waals surface area contributed by atoms with Crippen LogP contribution in [0, 0.1) is 0 Å². The third-order valence-electron chi connectivity index (χ3n) is 8.08. The van der Waals surface area contributed by atoms with Crippen molar-refractivity contribution in [2.45, 2.75) is 61.1 Å². The number of piperidine rings is 1. The molecule has 3 aromatic carbocycles. The number of sulfonamides is 1. The summed E-state index contributed by atoms with van der Waals surface area (Å²) in [6.45, 7) is 1.43. The molecule has 1 N–H and O–H groups in total. The van der Waals surface area contributed by atoms with E-state index in [0.29, 0.717) is 48.8 Å². The maximum Gasteiger partial charge on any atom is 0.264 e. The maximum absolute atomic E-state index is 14.0. The number of ether oxygens (including phenoxy) is 1. The lowest BCUT2D eigenvalue weighted by Gasteiger charge is -2.49. The first-order valence-electron chi connectivity index (χ1n) is 13.3. The van der Waals surface area contributed by atoms with E-state index in [1.807, 2.05) is 54.6 Å². The van der Waals surface area contributed by atoms with Crippen LogP contribution < -0.4 is 9.04 Å². The van der Waals surface area contributed by atoms with Gasteiger partial charge in [0.2, 0.25) is 0 Å². The minimum absolute atomic E-state index is 0.0123. The van der Waals surface area contributed by atoms with Crippen molar-refractivity contribution >= 4 is 27.3 Å². The van der Waals surface area contributed by atoms with Crippen molar-refractivity contribution in [3.8, 4) is 5.75 Å². The van der Waals surface area contributed by atoms with Gasteiger partial charge in [-0.05, 0) is 79.8 Å². The number of rotatable bonds is 7. The van der Waals surface area contributed by atoms with Crippen molar-refractivity contribution in [2.24, 2.45) is 0 Å². The van der Waals surface area contributed by atoms with Crippen LogP contribution in [0.15, 0.2) is 83.8 Å². The van der Waals surface area contributed by atoms with Crippen LogP contribution in [0.3, 0.4) is 0 Å². The van der Waals surface area contributed by atoms with E-state index in [1.54, 1.807) is 35.7 Å². The Kier molecular flexibility index (Phi) is 8.00. The molecule has 1 aliphatic carbocycles. The van der Waals surface area contributed by atoms with Gasteiger partial charge >= 0.3 is 0 Å². The molecule has 0 aromatic heterocycles. The fourth-order valence-electron chi connectivity index (χ4n) is 6.11. The summed E-state index contributed by atoms with van der Waals surface area (Å²) in [6.07, 6.45) is 5.03. The molecule has 0 amide bonds. The highest BCUT2D eigenvalue weighted by Crippen LogP contribution is 2.42. The molecule has 0 bridgehead atoms. The molecule has 2 atom stereocenters. The average Bonchev–Trinajstić information content (AvgIpc) is 2.95. The molecule has 202 valence electrons. The van der Waals surface area contributed by atoms with Crippen LogP contribution in [-0.4, -0.2) is 50.7 Å². The normalized spacial score (nSPS) is 23.2. The molecule has 6 nitrogen and oxygen atoms in total. The molecule has 5 rings (SSSR count). The van der Waals surface area contributed by atoms with Crippen molar-refractivity contribution < 1.29 is 18.3 Å². The molecule has 1 saturated heterocycles. The van der Waals surface area contributed by atoms with E-state index in [-0.39, 0.29) is 17.0 Å². The Morgan fingerprint density at radius 2 is 1.58 bits per heavy atom. The second-order valence-corrected chi connectivity index (χ2v) is 12.5. The minimum atomic E-state index is -3.79. The second-order valence-electron chi connectivity index (χ2n) is 10.3. The fraction of sp³-hybridized carbons (Fsp3) is 0.400. The predicted molar refractivity (Wildman–Crippen MR) is 151 cm³/mol. The van der Waals surface area contributed by atoms with Crippen LogP contribution in [0.5, 0.6) is 5.75 Å². The molecular weight excluding hydrogens is 520 g/mol. The first kappa shape index (κ1) is 27.0. The molecule has 0 spiro atoms. The summed E-state index contributed by atoms with van der Waals surface area (Å²) >= 11 is 6.12. The lowest BCUT2D eigenvalue weighted by Crippen LogP contribution is -2.57. The zero-order chi connectivity index (χ0) is 26.8. The zero-order valence-corrected chi connectivity index (χ0v) is 23.2. The topological polar surface area (TPSA) is 70.1 Å². The summed E-state index contributed by atoms with van der Waals surface area (Å²) < 4.78 is 34.7. The van der Waals surface area contributed by atoms with Gasteiger partial charge < -0.3 is 9.84 Å². The first-order valence-corrected chi connectivity index (χ1v) is 15.1. The Balaban J connectivity index is 1.39. The summed E-state index contributed by atoms with van der Waals surface area (Å²) in [5, 5.41) is 12.6. The van der Waals surface area contributed by atoms with E-state index in [4.69, 9.17) is 16.3 Å². The number of para-hydroxylation sites is 1. The van der Waals surface area contributed by atoms with Gasteiger partial charge in [0.15, 0.2) is 0 Å². The first-order chi connectivity index (χ1) is 18.3. The smallest absolute Gasteiger partial charge is 0.264 e. The van der Waals surface area contributed by atoms with Gasteiger partial charge in [0, 0.05) is 30.2 Å². The summed E-state index contributed by atoms with van der Waals surface area (Å²) in [5.41, 5.74) is 0.628. The Morgan fingerprint density at radius 3 is 2.21 bits per heavy atom. The Bertz CT molecular complexity index is 1310. The van der Waals surface area contributed by atoms with Crippen molar-refractivity contribution in [1.29, 1.82) is 0 Å². The highest BCUT2D eigenvalue weighted by molar-refractivity contribution is 7.92. The Labute approximate surface area is 230 Å². The number of nitrogens with zero attached hydrogens (tertiary/aromatic N) is 2. The monoisotopic (exact) mass is 554 g/mol. The third kappa shape index (κ3) is 5.30. The van der Waals surface area contributed by atoms with Crippen LogP contribution in [0.25, 0.3) is 0 Å². The van der Waals surface area contributed by atoms with Gasteiger partial charge in [-0.15, -0.1) is 0 Å². The largest absolute Gasteiger partial charge is 0.497 e. The molecule has 8 heteroatoms. The number of aliphatic hydroxyl groups is 1. The predicted octanol–water partition coefficient (Wildman–Crippen LogP) is 5.84. The summed E-state index contributed by atoms with van der Waals surface area (Å²) in [4.78, 5) is 2.61. The van der Waals surface area contributed by atoms with Crippen molar-refractivity contribution in [2.75, 3.05) is 24.5 Å². The van der Waals surface area contributed by atoms with Crippen molar-refractivity contribution in [3.05, 3.63) is 89.4 Å². The quantitative estimate of drug-likeness (QED) is 0.397. The van der Waals surface area contributed by atoms with Crippen LogP contribution in [0.1, 0.15) is 44.1 Å². The van der Waals surface area contributed by atoms with E-state index in [9.17, 15) is 13.5 Å². The molecular formula is C30H35ClN2O4S. The minimum Gasteiger partial charge on any atom is -0.497 e. The van der Waals surface area contributed by atoms with Gasteiger partial charge in [0.25, 0.3) is 10.0 Å². The number of likely N-dealkylation sites (tertiary alicyclic amines) is 1. The van der Waals surface area contributed by atoms with Crippen molar-refractivity contribution in [3.63, 3.8) is 0 Å². The van der Waals surface area contributed by atoms with Gasteiger partial charge in [-0.25, -0.2) is 8.42 Å². The van der Waals surface area contributed by atoms with Crippen LogP contribution in [0.4, 0.5) is 5.69 Å². The molecule has 1 heterocycles. The molecule has 2 aliphatic rings. The van der Waals surface area contributed by atoms with Crippen LogP contribution >= 0.6 is 11.6 Å². The standard InChI is InChI=1S/C30H35ClN2O4S/c1-37-27-14-16-28(17-15-27)38(35,36)33(25-7-3-2-4-8-25)26-18-21-32(22-19-26)29-9-5-6-20-30(29,34)23-10-12-24(31)13-11-23/h2-4,7-8,10-17,26,29,34H,5-6,9,18-22H2,1H3/t29-,30+/m1/s1. The Hall–Kier alpha value is -2.58. The summed E-state index contributed by atoms with van der Waals surface area (Å²) in [7, 11) is -2.23. The van der Waals surface area contributed by atoms with Gasteiger partial charge in [0.05, 0.1) is 17.7 Å². The molecule has 2 fully saturated rings. The number of hydrogen-bond donors (Lipinski definition) is 1. The highest BCUT2D eigenvalue weighted by Gasteiger charge is 2.45. The van der Waals surface area contributed by atoms with E-state index in [1.165, 1.54) is 0 Å². The van der Waals surface area contributed by atoms with Crippen molar-refractivity contribution in [1.82, 2.24) is 4.90 Å². The lowest BCUT2D eigenvalue weighted by molar-refractivity contribution is -0.0849. The van der Waals surface area contributed by atoms with E-state index in [0.717, 1.165) is 24.8 Å². The fourth-order valence-corrected chi connectivity index (χ4v) is 7.95. The molecule has 38 heavy (non-hydrogen) atoms. The van der Waals surface area contributed by atoms with Crippen LogP contribution in [0.2, 0.25) is 5.02 Å². The SMILES string of the molecule is COc1ccc(S(=O)(=O)N(c2ccccc2)C2CCN([C@@H]3CCCC[C@]3(O)c3ccc(Cl)cc3)CC2)cc1. The van der Waals surface area contributed by atoms with E-state index >= 15 is 0 Å². The molecule has 1 aliphatic heterocycles. The maximum atomic E-state index is 14.0. The van der Waals surface area contributed by atoms with Gasteiger partial charge in [-0.2, -0.15) is 0 Å². The van der Waals surface area contributed by atoms with Gasteiger partial charge in [0.1, 0.15) is 11.4 Å². The summed E-state index contributed by atoms with van der Waals surface area (Å²) in [5.74, 6) is 0.615. The number of halogens is 1. The lowest BCUT2D eigenvalue weighted by atomic mass is 9.74. The van der Waals surface area contributed by atoms with Crippen LogP contribution in [-0.2, 0) is 15.6 Å². The third-order valence-corrected chi connectivity index (χ3v) is 10.2. The van der Waals surface area contributed by atoms with E-state index in [2.05, 4.69) is 4.90 Å². The number of hydrogen-bond acceptors (Lipinski definition) is 5. The zero-order valence-electron chi connectivity index (χ0n) is 21.7. The second kappa shape index (κ2) is 11.3. The average molecular weight is 555 g/mol.